The number of hydrogen-bond donors (Lipinski definition) is 1. The second-order valence-electron chi connectivity index (χ2n) is 4.97. The zero-order valence-electron chi connectivity index (χ0n) is 9.50. The van der Waals surface area contributed by atoms with Gasteiger partial charge in [0.2, 0.25) is 0 Å². The highest BCUT2D eigenvalue weighted by atomic mass is 79.9. The number of nitrogens with one attached hydrogen (secondary N) is 1. The maximum atomic E-state index is 6.18. The normalized spacial score (nSPS) is 27.5. The zero-order chi connectivity index (χ0) is 11.8. The summed E-state index contributed by atoms with van der Waals surface area (Å²) < 4.78 is 1.02. The van der Waals surface area contributed by atoms with Crippen molar-refractivity contribution in [3.8, 4) is 0 Å². The van der Waals surface area contributed by atoms with Crippen molar-refractivity contribution in [1.29, 1.82) is 0 Å². The number of hydrogen-bond acceptors (Lipinski definition) is 2. The largest absolute Gasteiger partial charge is 0.309 e. The molecule has 0 aliphatic heterocycles. The van der Waals surface area contributed by atoms with Crippen LogP contribution in [0.1, 0.15) is 25.8 Å². The predicted molar refractivity (Wildman–Crippen MR) is 70.6 cm³/mol. The van der Waals surface area contributed by atoms with Crippen LogP contribution < -0.4 is 5.32 Å². The monoisotopic (exact) mass is 302 g/mol. The van der Waals surface area contributed by atoms with Crippen LogP contribution in [-0.2, 0) is 6.54 Å². The topological polar surface area (TPSA) is 24.9 Å². The molecule has 1 fully saturated rings. The van der Waals surface area contributed by atoms with Gasteiger partial charge in [-0.25, -0.2) is 0 Å². The van der Waals surface area contributed by atoms with E-state index in [1.807, 2.05) is 6.20 Å². The first-order valence-corrected chi connectivity index (χ1v) is 6.70. The number of alkyl halides is 1. The number of rotatable bonds is 3. The molecule has 88 valence electrons. The third-order valence-electron chi connectivity index (χ3n) is 3.46. The van der Waals surface area contributed by atoms with Gasteiger partial charge in [0.25, 0.3) is 0 Å². The van der Waals surface area contributed by atoms with Gasteiger partial charge in [0.1, 0.15) is 0 Å². The molecule has 1 saturated carbocycles. The van der Waals surface area contributed by atoms with Crippen LogP contribution >= 0.6 is 27.5 Å². The van der Waals surface area contributed by atoms with Gasteiger partial charge in [-0.3, -0.25) is 4.98 Å². The van der Waals surface area contributed by atoms with Crippen LogP contribution in [0.4, 0.5) is 0 Å². The lowest BCUT2D eigenvalue weighted by Gasteiger charge is -2.49. The minimum Gasteiger partial charge on any atom is -0.309 e. The molecule has 2 rings (SSSR count). The van der Waals surface area contributed by atoms with Gasteiger partial charge in [0, 0.05) is 34.8 Å². The molecule has 1 aliphatic rings. The van der Waals surface area contributed by atoms with E-state index in [2.05, 4.69) is 46.1 Å². The first kappa shape index (κ1) is 12.3. The van der Waals surface area contributed by atoms with Crippen LogP contribution in [0, 0.1) is 5.41 Å². The van der Waals surface area contributed by atoms with Crippen molar-refractivity contribution >= 4 is 27.5 Å². The average molecular weight is 304 g/mol. The summed E-state index contributed by atoms with van der Waals surface area (Å²) in [5, 5.41) is 3.83. The van der Waals surface area contributed by atoms with Gasteiger partial charge in [-0.15, -0.1) is 11.6 Å². The Labute approximate surface area is 110 Å². The fourth-order valence-electron chi connectivity index (χ4n) is 2.01. The van der Waals surface area contributed by atoms with Crippen LogP contribution in [0.25, 0.3) is 0 Å². The van der Waals surface area contributed by atoms with Crippen LogP contribution in [-0.4, -0.2) is 16.4 Å². The van der Waals surface area contributed by atoms with E-state index >= 15 is 0 Å². The molecule has 0 saturated heterocycles. The average Bonchev–Trinajstić information content (AvgIpc) is 2.24. The smallest absolute Gasteiger partial charge is 0.0416 e. The van der Waals surface area contributed by atoms with Gasteiger partial charge < -0.3 is 5.32 Å². The van der Waals surface area contributed by atoms with Gasteiger partial charge >= 0.3 is 0 Å². The van der Waals surface area contributed by atoms with Crippen LogP contribution in [0.15, 0.2) is 22.9 Å². The molecule has 2 nitrogen and oxygen atoms in total. The molecule has 1 heterocycles. The van der Waals surface area contributed by atoms with Gasteiger partial charge in [-0.1, -0.05) is 13.8 Å². The summed E-state index contributed by atoms with van der Waals surface area (Å²) in [7, 11) is 0. The van der Waals surface area contributed by atoms with Crippen molar-refractivity contribution in [2.24, 2.45) is 5.41 Å². The minimum absolute atomic E-state index is 0.195. The van der Waals surface area contributed by atoms with Crippen molar-refractivity contribution in [2.75, 3.05) is 0 Å². The lowest BCUT2D eigenvalue weighted by Crippen LogP contribution is -2.57. The maximum Gasteiger partial charge on any atom is 0.0416 e. The molecule has 1 aromatic heterocycles. The molecule has 2 atom stereocenters. The van der Waals surface area contributed by atoms with Gasteiger partial charge in [0.05, 0.1) is 0 Å². The molecule has 0 spiro atoms. The number of aromatic nitrogens is 1. The van der Waals surface area contributed by atoms with Crippen molar-refractivity contribution < 1.29 is 0 Å². The van der Waals surface area contributed by atoms with Crippen molar-refractivity contribution in [1.82, 2.24) is 10.3 Å². The number of pyridine rings is 1. The molecule has 0 bridgehead atoms. The standard InChI is InChI=1S/C12H16BrClN2/c1-12(2)10(14)4-11(12)16-6-8-3-9(13)7-15-5-8/h3,5,7,10-11,16H,4,6H2,1-2H3. The number of nitrogens with zero attached hydrogens (tertiary/aromatic N) is 1. The van der Waals surface area contributed by atoms with Crippen LogP contribution in [0.3, 0.4) is 0 Å². The Morgan fingerprint density at radius 1 is 1.56 bits per heavy atom. The Morgan fingerprint density at radius 2 is 2.31 bits per heavy atom. The molecule has 4 heteroatoms. The summed E-state index contributed by atoms with van der Waals surface area (Å²) in [5.41, 5.74) is 1.39. The maximum absolute atomic E-state index is 6.18. The van der Waals surface area contributed by atoms with E-state index in [-0.39, 0.29) is 5.41 Å². The highest BCUT2D eigenvalue weighted by molar-refractivity contribution is 9.10. The first-order chi connectivity index (χ1) is 7.50. The zero-order valence-corrected chi connectivity index (χ0v) is 11.8. The van der Waals surface area contributed by atoms with Crippen molar-refractivity contribution in [3.05, 3.63) is 28.5 Å². The van der Waals surface area contributed by atoms with Crippen LogP contribution in [0.2, 0.25) is 0 Å². The molecule has 1 N–H and O–H groups in total. The van der Waals surface area contributed by atoms with Crippen molar-refractivity contribution in [2.45, 2.75) is 38.2 Å². The molecule has 1 aliphatic carbocycles. The summed E-state index contributed by atoms with van der Waals surface area (Å²) in [4.78, 5) is 4.14. The Bertz CT molecular complexity index is 381. The molecule has 2 unspecified atom stereocenters. The summed E-state index contributed by atoms with van der Waals surface area (Å²) in [6.45, 7) is 5.28. The molecule has 0 radical (unpaired) electrons. The van der Waals surface area contributed by atoms with Gasteiger partial charge in [0.15, 0.2) is 0 Å². The minimum atomic E-state index is 0.195. The molecule has 1 aromatic rings. The third-order valence-corrected chi connectivity index (χ3v) is 4.64. The molecular formula is C12H16BrClN2. The van der Waals surface area contributed by atoms with Gasteiger partial charge in [-0.05, 0) is 39.4 Å². The Morgan fingerprint density at radius 3 is 2.88 bits per heavy atom. The lowest BCUT2D eigenvalue weighted by molar-refractivity contribution is 0.115. The fraction of sp³-hybridized carbons (Fsp3) is 0.583. The van der Waals surface area contributed by atoms with E-state index in [4.69, 9.17) is 11.6 Å². The number of halogens is 2. The third kappa shape index (κ3) is 2.41. The second-order valence-corrected chi connectivity index (χ2v) is 6.41. The Balaban J connectivity index is 1.89. The van der Waals surface area contributed by atoms with E-state index in [1.165, 1.54) is 5.56 Å². The van der Waals surface area contributed by atoms with E-state index in [0.717, 1.165) is 17.4 Å². The van der Waals surface area contributed by atoms with Crippen molar-refractivity contribution in [3.63, 3.8) is 0 Å². The van der Waals surface area contributed by atoms with E-state index in [1.54, 1.807) is 6.20 Å². The Kier molecular flexibility index (Phi) is 3.57. The second kappa shape index (κ2) is 4.63. The summed E-state index contributed by atoms with van der Waals surface area (Å²) >= 11 is 9.60. The fourth-order valence-corrected chi connectivity index (χ4v) is 2.75. The summed E-state index contributed by atoms with van der Waals surface area (Å²) in [6.07, 6.45) is 4.74. The molecule has 0 aromatic carbocycles. The lowest BCUT2D eigenvalue weighted by atomic mass is 9.67. The molecular weight excluding hydrogens is 288 g/mol. The predicted octanol–water partition coefficient (Wildman–Crippen LogP) is 3.34. The Hall–Kier alpha value is -0.120. The summed E-state index contributed by atoms with van der Waals surface area (Å²) in [5.74, 6) is 0. The van der Waals surface area contributed by atoms with E-state index in [0.29, 0.717) is 11.4 Å². The SMILES string of the molecule is CC1(C)C(Cl)CC1NCc1cncc(Br)c1. The van der Waals surface area contributed by atoms with Gasteiger partial charge in [-0.2, -0.15) is 0 Å². The van der Waals surface area contributed by atoms with E-state index < -0.39 is 0 Å². The highest BCUT2D eigenvalue weighted by Gasteiger charge is 2.46. The van der Waals surface area contributed by atoms with Crippen LogP contribution in [0.5, 0.6) is 0 Å². The summed E-state index contributed by atoms with van der Waals surface area (Å²) in [6, 6.07) is 2.60. The van der Waals surface area contributed by atoms with E-state index in [9.17, 15) is 0 Å². The molecule has 16 heavy (non-hydrogen) atoms. The highest BCUT2D eigenvalue weighted by Crippen LogP contribution is 2.44. The quantitative estimate of drug-likeness (QED) is 0.866. The first-order valence-electron chi connectivity index (χ1n) is 5.47. The molecule has 0 amide bonds.